The number of rotatable bonds is 4. The number of anilines is 2. The van der Waals surface area contributed by atoms with E-state index in [2.05, 4.69) is 10.3 Å². The number of hydrogen-bond acceptors (Lipinski definition) is 5. The Bertz CT molecular complexity index is 670. The summed E-state index contributed by atoms with van der Waals surface area (Å²) < 4.78 is 21.6. The maximum absolute atomic E-state index is 10.8. The summed E-state index contributed by atoms with van der Waals surface area (Å²) in [5.74, 6) is -0.138. The van der Waals surface area contributed by atoms with Crippen molar-refractivity contribution in [3.63, 3.8) is 0 Å². The topological polar surface area (TPSA) is 111 Å². The first-order chi connectivity index (χ1) is 8.47. The summed E-state index contributed by atoms with van der Waals surface area (Å²) in [4.78, 5) is 4.01. The molecular formula is C11H14N4O2S. The number of pyridine rings is 1. The molecule has 0 saturated heterocycles. The SMILES string of the molecule is Nc1c(NCCS(N)(=O)=O)ccc2cnccc12. The van der Waals surface area contributed by atoms with Crippen LogP contribution in [0.5, 0.6) is 0 Å². The molecule has 0 bridgehead atoms. The predicted molar refractivity (Wildman–Crippen MR) is 72.6 cm³/mol. The Labute approximate surface area is 105 Å². The van der Waals surface area contributed by atoms with Crippen molar-refractivity contribution in [2.75, 3.05) is 23.3 Å². The predicted octanol–water partition coefficient (Wildman–Crippen LogP) is 0.517. The molecule has 0 fully saturated rings. The van der Waals surface area contributed by atoms with Crippen molar-refractivity contribution in [2.24, 2.45) is 5.14 Å². The van der Waals surface area contributed by atoms with Crippen LogP contribution in [0, 0.1) is 0 Å². The average molecular weight is 266 g/mol. The van der Waals surface area contributed by atoms with Gasteiger partial charge in [-0.1, -0.05) is 6.07 Å². The van der Waals surface area contributed by atoms with Gasteiger partial charge in [0.25, 0.3) is 0 Å². The normalized spacial score (nSPS) is 11.6. The Balaban J connectivity index is 2.22. The second kappa shape index (κ2) is 4.79. The highest BCUT2D eigenvalue weighted by Gasteiger charge is 2.06. The lowest BCUT2D eigenvalue weighted by molar-refractivity contribution is 0.598. The third-order valence-corrected chi connectivity index (χ3v) is 3.34. The fraction of sp³-hybridized carbons (Fsp3) is 0.182. The molecule has 2 rings (SSSR count). The number of nitrogens with one attached hydrogen (secondary N) is 1. The zero-order valence-corrected chi connectivity index (χ0v) is 10.4. The van der Waals surface area contributed by atoms with E-state index in [9.17, 15) is 8.42 Å². The van der Waals surface area contributed by atoms with Gasteiger partial charge >= 0.3 is 0 Å². The molecule has 0 radical (unpaired) electrons. The molecule has 6 nitrogen and oxygen atoms in total. The van der Waals surface area contributed by atoms with Gasteiger partial charge in [0.1, 0.15) is 0 Å². The summed E-state index contributed by atoms with van der Waals surface area (Å²) in [5, 5.41) is 9.70. The van der Waals surface area contributed by atoms with E-state index in [4.69, 9.17) is 10.9 Å². The van der Waals surface area contributed by atoms with Gasteiger partial charge < -0.3 is 11.1 Å². The summed E-state index contributed by atoms with van der Waals surface area (Å²) >= 11 is 0. The largest absolute Gasteiger partial charge is 0.397 e. The molecule has 0 atom stereocenters. The molecule has 2 aromatic rings. The lowest BCUT2D eigenvalue weighted by atomic mass is 10.1. The second-order valence-corrected chi connectivity index (χ2v) is 5.65. The molecule has 1 aromatic heterocycles. The van der Waals surface area contributed by atoms with Gasteiger partial charge in [-0.15, -0.1) is 0 Å². The zero-order valence-electron chi connectivity index (χ0n) is 9.63. The minimum atomic E-state index is -3.46. The van der Waals surface area contributed by atoms with E-state index in [1.807, 2.05) is 12.1 Å². The third-order valence-electron chi connectivity index (χ3n) is 2.56. The van der Waals surface area contributed by atoms with Crippen molar-refractivity contribution < 1.29 is 8.42 Å². The van der Waals surface area contributed by atoms with Crippen LogP contribution in [0.15, 0.2) is 30.6 Å². The van der Waals surface area contributed by atoms with E-state index in [1.54, 1.807) is 18.5 Å². The van der Waals surface area contributed by atoms with Crippen LogP contribution in [0.25, 0.3) is 10.8 Å². The van der Waals surface area contributed by atoms with Crippen molar-refractivity contribution in [1.29, 1.82) is 0 Å². The summed E-state index contributed by atoms with van der Waals surface area (Å²) in [5.41, 5.74) is 7.26. The van der Waals surface area contributed by atoms with Crippen molar-refractivity contribution in [1.82, 2.24) is 4.98 Å². The van der Waals surface area contributed by atoms with Crippen molar-refractivity contribution >= 4 is 32.2 Å². The lowest BCUT2D eigenvalue weighted by Gasteiger charge is -2.10. The number of nitrogens with zero attached hydrogens (tertiary/aromatic N) is 1. The van der Waals surface area contributed by atoms with E-state index in [-0.39, 0.29) is 12.3 Å². The first kappa shape index (κ1) is 12.6. The van der Waals surface area contributed by atoms with Gasteiger partial charge in [0, 0.05) is 29.7 Å². The smallest absolute Gasteiger partial charge is 0.210 e. The monoisotopic (exact) mass is 266 g/mol. The molecule has 0 aliphatic carbocycles. The lowest BCUT2D eigenvalue weighted by Crippen LogP contribution is -2.22. The number of primary sulfonamides is 1. The Kier molecular flexibility index (Phi) is 3.35. The van der Waals surface area contributed by atoms with E-state index in [0.717, 1.165) is 10.8 Å². The van der Waals surface area contributed by atoms with E-state index in [1.165, 1.54) is 0 Å². The minimum absolute atomic E-state index is 0.138. The highest BCUT2D eigenvalue weighted by Crippen LogP contribution is 2.27. The summed E-state index contributed by atoms with van der Waals surface area (Å²) in [6, 6.07) is 5.48. The molecule has 0 spiro atoms. The minimum Gasteiger partial charge on any atom is -0.397 e. The maximum atomic E-state index is 10.8. The number of hydrogen-bond donors (Lipinski definition) is 3. The Morgan fingerprint density at radius 2 is 2.06 bits per heavy atom. The van der Waals surface area contributed by atoms with Gasteiger partial charge in [-0.05, 0) is 12.1 Å². The van der Waals surface area contributed by atoms with Crippen LogP contribution in [-0.2, 0) is 10.0 Å². The standard InChI is InChI=1S/C11H14N4O2S/c12-11-9-3-4-14-7-8(9)1-2-10(11)15-5-6-18(13,16)17/h1-4,7,15H,5-6,12H2,(H2,13,16,17). The van der Waals surface area contributed by atoms with Crippen LogP contribution in [0.3, 0.4) is 0 Å². The Hall–Kier alpha value is -1.86. The summed E-state index contributed by atoms with van der Waals surface area (Å²) in [7, 11) is -3.46. The van der Waals surface area contributed by atoms with Crippen LogP contribution >= 0.6 is 0 Å². The molecule has 1 aromatic carbocycles. The second-order valence-electron chi connectivity index (χ2n) is 3.92. The molecule has 96 valence electrons. The maximum Gasteiger partial charge on any atom is 0.210 e. The molecule has 0 unspecified atom stereocenters. The van der Waals surface area contributed by atoms with Crippen molar-refractivity contribution in [2.45, 2.75) is 0 Å². The molecule has 7 heteroatoms. The van der Waals surface area contributed by atoms with E-state index >= 15 is 0 Å². The molecule has 0 amide bonds. The van der Waals surface area contributed by atoms with Gasteiger partial charge in [0.15, 0.2) is 0 Å². The quantitative estimate of drug-likeness (QED) is 0.698. The Morgan fingerprint density at radius 3 is 2.78 bits per heavy atom. The van der Waals surface area contributed by atoms with Gasteiger partial charge in [0.05, 0.1) is 17.1 Å². The van der Waals surface area contributed by atoms with Crippen LogP contribution in [0.2, 0.25) is 0 Å². The van der Waals surface area contributed by atoms with Gasteiger partial charge in [-0.3, -0.25) is 4.98 Å². The van der Waals surface area contributed by atoms with Crippen LogP contribution in [-0.4, -0.2) is 25.7 Å². The van der Waals surface area contributed by atoms with Crippen molar-refractivity contribution in [3.05, 3.63) is 30.6 Å². The van der Waals surface area contributed by atoms with Crippen LogP contribution < -0.4 is 16.2 Å². The number of fused-ring (bicyclic) bond motifs is 1. The van der Waals surface area contributed by atoms with Gasteiger partial charge in [-0.25, -0.2) is 13.6 Å². The first-order valence-corrected chi connectivity index (χ1v) is 7.05. The number of sulfonamides is 1. The van der Waals surface area contributed by atoms with Crippen molar-refractivity contribution in [3.8, 4) is 0 Å². The first-order valence-electron chi connectivity index (χ1n) is 5.34. The molecular weight excluding hydrogens is 252 g/mol. The Morgan fingerprint density at radius 1 is 1.28 bits per heavy atom. The summed E-state index contributed by atoms with van der Waals surface area (Å²) in [6.07, 6.45) is 3.38. The van der Waals surface area contributed by atoms with E-state index < -0.39 is 10.0 Å². The number of benzene rings is 1. The van der Waals surface area contributed by atoms with Crippen LogP contribution in [0.4, 0.5) is 11.4 Å². The van der Waals surface area contributed by atoms with Gasteiger partial charge in [0.2, 0.25) is 10.0 Å². The van der Waals surface area contributed by atoms with E-state index in [0.29, 0.717) is 11.4 Å². The fourth-order valence-electron chi connectivity index (χ4n) is 1.67. The summed E-state index contributed by atoms with van der Waals surface area (Å²) in [6.45, 7) is 0.222. The number of nitrogen functional groups attached to an aromatic ring is 1. The molecule has 0 aliphatic heterocycles. The molecule has 5 N–H and O–H groups in total. The highest BCUT2D eigenvalue weighted by atomic mass is 32.2. The van der Waals surface area contributed by atoms with Gasteiger partial charge in [-0.2, -0.15) is 0 Å². The molecule has 18 heavy (non-hydrogen) atoms. The molecule has 0 saturated carbocycles. The van der Waals surface area contributed by atoms with Crippen LogP contribution in [0.1, 0.15) is 0 Å². The average Bonchev–Trinajstić information content (AvgIpc) is 2.31. The molecule has 0 aliphatic rings. The number of nitrogens with two attached hydrogens (primary N) is 2. The zero-order chi connectivity index (χ0) is 13.2. The highest BCUT2D eigenvalue weighted by molar-refractivity contribution is 7.89. The molecule has 1 heterocycles. The third kappa shape index (κ3) is 2.88. The fourth-order valence-corrected chi connectivity index (χ4v) is 2.06. The number of aromatic nitrogens is 1.